The number of aromatic nitrogens is 1. The first-order valence-electron chi connectivity index (χ1n) is 10.9. The van der Waals surface area contributed by atoms with Crippen molar-refractivity contribution in [3.8, 4) is 0 Å². The molecule has 1 heterocycles. The highest BCUT2D eigenvalue weighted by molar-refractivity contribution is 6.21. The molecule has 0 aliphatic rings. The number of fused-ring (bicyclic) bond motifs is 2. The Bertz CT molecular complexity index is 1150. The number of nitrogens with zero attached hydrogens (tertiary/aromatic N) is 1. The van der Waals surface area contributed by atoms with Crippen LogP contribution in [0.2, 0.25) is 0 Å². The van der Waals surface area contributed by atoms with Crippen LogP contribution in [0.3, 0.4) is 0 Å². The summed E-state index contributed by atoms with van der Waals surface area (Å²) in [7, 11) is 0. The first kappa shape index (κ1) is 19.4. The minimum Gasteiger partial charge on any atom is -0.347 e. The van der Waals surface area contributed by atoms with Gasteiger partial charge in [0.2, 0.25) is 0 Å². The van der Waals surface area contributed by atoms with Crippen molar-refractivity contribution < 1.29 is 4.79 Å². The normalized spacial score (nSPS) is 11.4. The van der Waals surface area contributed by atoms with Crippen LogP contribution < -0.4 is 0 Å². The van der Waals surface area contributed by atoms with Gasteiger partial charge in [0.05, 0.1) is 0 Å². The van der Waals surface area contributed by atoms with Crippen LogP contribution in [0.25, 0.3) is 21.7 Å². The molecule has 0 saturated heterocycles. The minimum absolute atomic E-state index is 0.125. The van der Waals surface area contributed by atoms with E-state index in [1.54, 1.807) is 0 Å². The van der Waals surface area contributed by atoms with Crippen molar-refractivity contribution in [3.05, 3.63) is 83.6 Å². The quantitative estimate of drug-likeness (QED) is 0.233. The SMILES string of the molecule is CCCCCCn1cc(C(=O)c2cccc3ccccc23)c2c(CC)cccc21. The molecule has 0 saturated carbocycles. The molecule has 4 rings (SSSR count). The first-order valence-corrected chi connectivity index (χ1v) is 10.9. The number of carbonyl (C=O) groups excluding carboxylic acids is 1. The molecule has 0 aliphatic heterocycles. The van der Waals surface area contributed by atoms with E-state index in [9.17, 15) is 4.79 Å². The van der Waals surface area contributed by atoms with Gasteiger partial charge in [0.1, 0.15) is 0 Å². The van der Waals surface area contributed by atoms with E-state index in [0.717, 1.165) is 46.7 Å². The van der Waals surface area contributed by atoms with Crippen LogP contribution in [-0.4, -0.2) is 10.4 Å². The van der Waals surface area contributed by atoms with Gasteiger partial charge in [0.15, 0.2) is 5.78 Å². The molecule has 0 atom stereocenters. The lowest BCUT2D eigenvalue weighted by Crippen LogP contribution is -2.02. The number of rotatable bonds is 8. The van der Waals surface area contributed by atoms with Gasteiger partial charge in [-0.3, -0.25) is 4.79 Å². The van der Waals surface area contributed by atoms with Crippen molar-refractivity contribution in [2.24, 2.45) is 0 Å². The van der Waals surface area contributed by atoms with E-state index in [4.69, 9.17) is 0 Å². The van der Waals surface area contributed by atoms with Gasteiger partial charge < -0.3 is 4.57 Å². The molecule has 0 radical (unpaired) electrons. The number of hydrogen-bond acceptors (Lipinski definition) is 1. The van der Waals surface area contributed by atoms with E-state index in [1.807, 2.05) is 30.3 Å². The molecule has 148 valence electrons. The molecule has 0 spiro atoms. The van der Waals surface area contributed by atoms with Gasteiger partial charge in [-0.25, -0.2) is 0 Å². The van der Waals surface area contributed by atoms with Gasteiger partial charge in [0, 0.05) is 34.8 Å². The maximum atomic E-state index is 13.7. The number of hydrogen-bond donors (Lipinski definition) is 0. The number of unbranched alkanes of at least 4 members (excludes halogenated alkanes) is 3. The molecule has 0 amide bonds. The molecule has 1 aromatic heterocycles. The summed E-state index contributed by atoms with van der Waals surface area (Å²) < 4.78 is 2.29. The summed E-state index contributed by atoms with van der Waals surface area (Å²) in [6.07, 6.45) is 7.90. The maximum absolute atomic E-state index is 13.7. The Morgan fingerprint density at radius 3 is 2.45 bits per heavy atom. The Balaban J connectivity index is 1.83. The average molecular weight is 384 g/mol. The maximum Gasteiger partial charge on any atom is 0.195 e. The Hall–Kier alpha value is -2.87. The van der Waals surface area contributed by atoms with Crippen LogP contribution >= 0.6 is 0 Å². The van der Waals surface area contributed by atoms with Gasteiger partial charge >= 0.3 is 0 Å². The summed E-state index contributed by atoms with van der Waals surface area (Å²) in [5, 5.41) is 3.26. The summed E-state index contributed by atoms with van der Waals surface area (Å²) in [5.41, 5.74) is 4.06. The van der Waals surface area contributed by atoms with Crippen molar-refractivity contribution in [2.45, 2.75) is 52.5 Å². The zero-order chi connectivity index (χ0) is 20.2. The molecule has 0 unspecified atom stereocenters. The summed E-state index contributed by atoms with van der Waals surface area (Å²) >= 11 is 0. The summed E-state index contributed by atoms with van der Waals surface area (Å²) in [6.45, 7) is 5.37. The molecule has 2 nitrogen and oxygen atoms in total. The molecule has 29 heavy (non-hydrogen) atoms. The Kier molecular flexibility index (Phi) is 5.80. The summed E-state index contributed by atoms with van der Waals surface area (Å²) in [6, 6.07) is 20.6. The highest BCUT2D eigenvalue weighted by Crippen LogP contribution is 2.30. The summed E-state index contributed by atoms with van der Waals surface area (Å²) in [5.74, 6) is 0.125. The average Bonchev–Trinajstić information content (AvgIpc) is 3.14. The second kappa shape index (κ2) is 8.65. The van der Waals surface area contributed by atoms with E-state index in [2.05, 4.69) is 54.9 Å². The zero-order valence-corrected chi connectivity index (χ0v) is 17.4. The van der Waals surface area contributed by atoms with Crippen LogP contribution in [-0.2, 0) is 13.0 Å². The van der Waals surface area contributed by atoms with Crippen molar-refractivity contribution >= 4 is 27.5 Å². The monoisotopic (exact) mass is 383 g/mol. The lowest BCUT2D eigenvalue weighted by atomic mass is 9.95. The van der Waals surface area contributed by atoms with E-state index < -0.39 is 0 Å². The standard InChI is InChI=1S/C27H29NO/c1-3-5-6-9-18-28-19-24(26-20(4-2)13-11-17-25(26)28)27(29)23-16-10-14-21-12-7-8-15-22(21)23/h7-8,10-17,19H,3-6,9,18H2,1-2H3. The molecule has 2 heteroatoms. The fourth-order valence-corrected chi connectivity index (χ4v) is 4.36. The fourth-order valence-electron chi connectivity index (χ4n) is 4.36. The third-order valence-corrected chi connectivity index (χ3v) is 5.90. The van der Waals surface area contributed by atoms with Gasteiger partial charge in [0.25, 0.3) is 0 Å². The lowest BCUT2D eigenvalue weighted by molar-refractivity contribution is 0.104. The number of ketones is 1. The highest BCUT2D eigenvalue weighted by Gasteiger charge is 2.20. The Labute approximate surface area is 173 Å². The van der Waals surface area contributed by atoms with Gasteiger partial charge in [-0.2, -0.15) is 0 Å². The third-order valence-electron chi connectivity index (χ3n) is 5.90. The smallest absolute Gasteiger partial charge is 0.195 e. The highest BCUT2D eigenvalue weighted by atomic mass is 16.1. The van der Waals surface area contributed by atoms with Crippen LogP contribution in [0, 0.1) is 0 Å². The lowest BCUT2D eigenvalue weighted by Gasteiger charge is -2.07. The van der Waals surface area contributed by atoms with E-state index in [1.165, 1.54) is 30.3 Å². The van der Waals surface area contributed by atoms with E-state index in [0.29, 0.717) is 0 Å². The number of aryl methyl sites for hydroxylation is 2. The molecule has 0 fully saturated rings. The number of carbonyl (C=O) groups is 1. The van der Waals surface area contributed by atoms with Crippen molar-refractivity contribution in [3.63, 3.8) is 0 Å². The molecular weight excluding hydrogens is 354 g/mol. The van der Waals surface area contributed by atoms with Crippen LogP contribution in [0.5, 0.6) is 0 Å². The van der Waals surface area contributed by atoms with Gasteiger partial charge in [-0.05, 0) is 35.2 Å². The molecular formula is C27H29NO. The molecule has 0 aliphatic carbocycles. The predicted octanol–water partition coefficient (Wildman–Crippen LogP) is 7.17. The Morgan fingerprint density at radius 1 is 0.828 bits per heavy atom. The topological polar surface area (TPSA) is 22.0 Å². The molecule has 0 bridgehead atoms. The Morgan fingerprint density at radius 2 is 1.62 bits per heavy atom. The zero-order valence-electron chi connectivity index (χ0n) is 17.4. The van der Waals surface area contributed by atoms with Crippen LogP contribution in [0.1, 0.15) is 61.0 Å². The van der Waals surface area contributed by atoms with Crippen molar-refractivity contribution in [2.75, 3.05) is 0 Å². The molecule has 4 aromatic rings. The third kappa shape index (κ3) is 3.72. The number of benzene rings is 3. The minimum atomic E-state index is 0.125. The largest absolute Gasteiger partial charge is 0.347 e. The second-order valence-corrected chi connectivity index (χ2v) is 7.82. The van der Waals surface area contributed by atoms with Gasteiger partial charge in [-0.1, -0.05) is 87.7 Å². The fraction of sp³-hybridized carbons (Fsp3) is 0.296. The van der Waals surface area contributed by atoms with Crippen molar-refractivity contribution in [1.82, 2.24) is 4.57 Å². The predicted molar refractivity (Wildman–Crippen MR) is 123 cm³/mol. The van der Waals surface area contributed by atoms with E-state index >= 15 is 0 Å². The van der Waals surface area contributed by atoms with Crippen LogP contribution in [0.4, 0.5) is 0 Å². The second-order valence-electron chi connectivity index (χ2n) is 7.82. The van der Waals surface area contributed by atoms with E-state index in [-0.39, 0.29) is 5.78 Å². The van der Waals surface area contributed by atoms with Gasteiger partial charge in [-0.15, -0.1) is 0 Å². The van der Waals surface area contributed by atoms with Crippen LogP contribution in [0.15, 0.2) is 66.9 Å². The molecule has 0 N–H and O–H groups in total. The molecule has 3 aromatic carbocycles. The first-order chi connectivity index (χ1) is 14.2. The van der Waals surface area contributed by atoms with Crippen molar-refractivity contribution in [1.29, 1.82) is 0 Å². The summed E-state index contributed by atoms with van der Waals surface area (Å²) in [4.78, 5) is 13.7.